The molecule has 0 saturated carbocycles. The molecule has 21 heavy (non-hydrogen) atoms. The fourth-order valence-electron chi connectivity index (χ4n) is 2.99. The minimum absolute atomic E-state index is 0.173. The Morgan fingerprint density at radius 1 is 1.29 bits per heavy atom. The molecule has 1 aliphatic heterocycles. The molecule has 0 radical (unpaired) electrons. The van der Waals surface area contributed by atoms with Crippen molar-refractivity contribution in [2.24, 2.45) is 5.92 Å². The molecule has 2 rings (SSSR count). The molecule has 1 aromatic rings. The van der Waals surface area contributed by atoms with E-state index in [0.717, 1.165) is 13.1 Å². The number of hydrogen-bond acceptors (Lipinski definition) is 5. The molecule has 0 bridgehead atoms. The van der Waals surface area contributed by atoms with Crippen molar-refractivity contribution in [2.45, 2.75) is 51.5 Å². The van der Waals surface area contributed by atoms with Gasteiger partial charge in [0.1, 0.15) is 10.6 Å². The van der Waals surface area contributed by atoms with Crippen molar-refractivity contribution in [3.05, 3.63) is 11.5 Å². The Morgan fingerprint density at radius 3 is 2.38 bits per heavy atom. The zero-order valence-electron chi connectivity index (χ0n) is 13.2. The van der Waals surface area contributed by atoms with Gasteiger partial charge in [0.15, 0.2) is 5.76 Å². The van der Waals surface area contributed by atoms with Crippen LogP contribution in [0.1, 0.15) is 38.1 Å². The van der Waals surface area contributed by atoms with Crippen LogP contribution in [0.15, 0.2) is 9.42 Å². The summed E-state index contributed by atoms with van der Waals surface area (Å²) in [6.45, 7) is 10.1. The molecule has 120 valence electrons. The van der Waals surface area contributed by atoms with Gasteiger partial charge < -0.3 is 4.52 Å². The molecule has 0 aliphatic carbocycles. The lowest BCUT2D eigenvalue weighted by Gasteiger charge is -2.30. The summed E-state index contributed by atoms with van der Waals surface area (Å²) in [4.78, 5) is 2.55. The highest BCUT2D eigenvalue weighted by atomic mass is 32.2. The molecule has 1 N–H and O–H groups in total. The molecule has 1 fully saturated rings. The average molecular weight is 315 g/mol. The minimum atomic E-state index is -3.57. The fourth-order valence-corrected chi connectivity index (χ4v) is 4.36. The van der Waals surface area contributed by atoms with E-state index in [4.69, 9.17) is 4.52 Å². The Kier molecular flexibility index (Phi) is 5.06. The van der Waals surface area contributed by atoms with Crippen LogP contribution in [0.3, 0.4) is 0 Å². The molecule has 7 heteroatoms. The molecular weight excluding hydrogens is 290 g/mol. The van der Waals surface area contributed by atoms with Crippen LogP contribution in [0.4, 0.5) is 0 Å². The van der Waals surface area contributed by atoms with Crippen molar-refractivity contribution < 1.29 is 12.9 Å². The SMILES string of the molecule is Cc1noc(C)c1S(=O)(=O)NCC(C(C)C)N1CCCC1. The van der Waals surface area contributed by atoms with Crippen molar-refractivity contribution >= 4 is 10.0 Å². The van der Waals surface area contributed by atoms with Crippen LogP contribution in [0.2, 0.25) is 0 Å². The van der Waals surface area contributed by atoms with E-state index >= 15 is 0 Å². The summed E-state index contributed by atoms with van der Waals surface area (Å²) >= 11 is 0. The van der Waals surface area contributed by atoms with Gasteiger partial charge in [0.25, 0.3) is 0 Å². The molecular formula is C14H25N3O3S. The number of nitrogens with zero attached hydrogens (tertiary/aromatic N) is 2. The largest absolute Gasteiger partial charge is 0.360 e. The molecule has 0 spiro atoms. The highest BCUT2D eigenvalue weighted by Gasteiger charge is 2.29. The first kappa shape index (κ1) is 16.5. The molecule has 0 aromatic carbocycles. The van der Waals surface area contributed by atoms with Crippen molar-refractivity contribution in [2.75, 3.05) is 19.6 Å². The zero-order valence-corrected chi connectivity index (χ0v) is 14.0. The van der Waals surface area contributed by atoms with Crippen LogP contribution in [0, 0.1) is 19.8 Å². The van der Waals surface area contributed by atoms with Crippen molar-refractivity contribution in [1.29, 1.82) is 0 Å². The van der Waals surface area contributed by atoms with Crippen molar-refractivity contribution in [3.8, 4) is 0 Å². The summed E-state index contributed by atoms with van der Waals surface area (Å²) in [5, 5.41) is 3.72. The smallest absolute Gasteiger partial charge is 0.246 e. The number of rotatable bonds is 6. The molecule has 1 aliphatic rings. The second-order valence-electron chi connectivity index (χ2n) is 6.06. The molecule has 6 nitrogen and oxygen atoms in total. The van der Waals surface area contributed by atoms with Crippen molar-refractivity contribution in [3.63, 3.8) is 0 Å². The third kappa shape index (κ3) is 3.64. The van der Waals surface area contributed by atoms with Crippen LogP contribution in [-0.2, 0) is 10.0 Å². The quantitative estimate of drug-likeness (QED) is 0.864. The van der Waals surface area contributed by atoms with Gasteiger partial charge >= 0.3 is 0 Å². The summed E-state index contributed by atoms with van der Waals surface area (Å²) in [5.41, 5.74) is 0.405. The fraction of sp³-hybridized carbons (Fsp3) is 0.786. The number of aryl methyl sites for hydroxylation is 2. The van der Waals surface area contributed by atoms with Gasteiger partial charge in [-0.3, -0.25) is 4.90 Å². The average Bonchev–Trinajstić information content (AvgIpc) is 2.99. The van der Waals surface area contributed by atoms with Crippen LogP contribution in [-0.4, -0.2) is 44.2 Å². The lowest BCUT2D eigenvalue weighted by molar-refractivity contribution is 0.193. The van der Waals surface area contributed by atoms with Gasteiger partial charge in [0.2, 0.25) is 10.0 Å². The number of sulfonamides is 1. The maximum atomic E-state index is 12.4. The van der Waals surface area contributed by atoms with E-state index in [1.807, 2.05) is 0 Å². The summed E-state index contributed by atoms with van der Waals surface area (Å²) in [7, 11) is -3.57. The van der Waals surface area contributed by atoms with E-state index in [-0.39, 0.29) is 10.9 Å². The maximum absolute atomic E-state index is 12.4. The zero-order chi connectivity index (χ0) is 15.6. The van der Waals surface area contributed by atoms with Gasteiger partial charge in [0, 0.05) is 12.6 Å². The van der Waals surface area contributed by atoms with Gasteiger partial charge in [0.05, 0.1) is 0 Å². The molecule has 2 heterocycles. The van der Waals surface area contributed by atoms with Gasteiger partial charge in [-0.1, -0.05) is 19.0 Å². The standard InChI is InChI=1S/C14H25N3O3S/c1-10(2)13(17-7-5-6-8-17)9-15-21(18,19)14-11(3)16-20-12(14)4/h10,13,15H,5-9H2,1-4H3. The maximum Gasteiger partial charge on any atom is 0.246 e. The van der Waals surface area contributed by atoms with Crippen molar-refractivity contribution in [1.82, 2.24) is 14.8 Å². The van der Waals surface area contributed by atoms with E-state index in [0.29, 0.717) is 23.9 Å². The second-order valence-corrected chi connectivity index (χ2v) is 7.76. The van der Waals surface area contributed by atoms with Gasteiger partial charge in [-0.05, 0) is 45.7 Å². The van der Waals surface area contributed by atoms with E-state index in [1.165, 1.54) is 12.8 Å². The molecule has 0 amide bonds. The summed E-state index contributed by atoms with van der Waals surface area (Å²) < 4.78 is 32.6. The van der Waals surface area contributed by atoms with Gasteiger partial charge in [-0.15, -0.1) is 0 Å². The Bertz CT molecular complexity index is 555. The third-order valence-electron chi connectivity index (χ3n) is 4.10. The Labute approximate surface area is 126 Å². The number of likely N-dealkylation sites (tertiary alicyclic amines) is 1. The monoisotopic (exact) mass is 315 g/mol. The first-order chi connectivity index (χ1) is 9.83. The number of nitrogens with one attached hydrogen (secondary N) is 1. The van der Waals surface area contributed by atoms with Crippen LogP contribution in [0.25, 0.3) is 0 Å². The van der Waals surface area contributed by atoms with Gasteiger partial charge in [-0.25, -0.2) is 13.1 Å². The predicted molar refractivity (Wildman–Crippen MR) is 80.6 cm³/mol. The minimum Gasteiger partial charge on any atom is -0.360 e. The Hall–Kier alpha value is -0.920. The highest BCUT2D eigenvalue weighted by molar-refractivity contribution is 7.89. The second kappa shape index (κ2) is 6.46. The summed E-state index contributed by atoms with van der Waals surface area (Å²) in [6.07, 6.45) is 2.39. The van der Waals surface area contributed by atoms with E-state index in [9.17, 15) is 8.42 Å². The first-order valence-corrected chi connectivity index (χ1v) is 8.98. The van der Waals surface area contributed by atoms with Gasteiger partial charge in [-0.2, -0.15) is 0 Å². The Morgan fingerprint density at radius 2 is 1.90 bits per heavy atom. The van der Waals surface area contributed by atoms with E-state index in [2.05, 4.69) is 28.6 Å². The third-order valence-corrected chi connectivity index (χ3v) is 5.77. The van der Waals surface area contributed by atoms with Crippen LogP contribution in [0.5, 0.6) is 0 Å². The topological polar surface area (TPSA) is 75.4 Å². The normalized spacial score (nSPS) is 18.5. The highest BCUT2D eigenvalue weighted by Crippen LogP contribution is 2.20. The molecule has 1 atom stereocenters. The lowest BCUT2D eigenvalue weighted by atomic mass is 10.0. The summed E-state index contributed by atoms with van der Waals surface area (Å²) in [5.74, 6) is 0.734. The molecule has 1 saturated heterocycles. The number of hydrogen-bond donors (Lipinski definition) is 1. The Balaban J connectivity index is 2.09. The lowest BCUT2D eigenvalue weighted by Crippen LogP contribution is -2.45. The predicted octanol–water partition coefficient (Wildman–Crippen LogP) is 1.69. The van der Waals surface area contributed by atoms with E-state index in [1.54, 1.807) is 13.8 Å². The van der Waals surface area contributed by atoms with E-state index < -0.39 is 10.0 Å². The molecule has 1 unspecified atom stereocenters. The molecule has 1 aromatic heterocycles. The van der Waals surface area contributed by atoms with Crippen LogP contribution < -0.4 is 4.72 Å². The van der Waals surface area contributed by atoms with Crippen LogP contribution >= 0.6 is 0 Å². The first-order valence-electron chi connectivity index (χ1n) is 7.49. The summed E-state index contributed by atoms with van der Waals surface area (Å²) in [6, 6.07) is 0.225. The number of aromatic nitrogens is 1.